The summed E-state index contributed by atoms with van der Waals surface area (Å²) in [6, 6.07) is 7.43. The molecular formula is C20H24BrN5O2. The van der Waals surface area contributed by atoms with Crippen LogP contribution in [0.4, 0.5) is 5.95 Å². The number of aromatic amines is 1. The smallest absolute Gasteiger partial charge is 0.253 e. The standard InChI is InChI=1S/C20H24BrN5O2/c21-17-3-1-15(2-4-17)18(27)24-9-5-16(6-10-24)19(28)25-11-13-26(14-12-25)20-22-7-8-23-20/h1-4,7-8,16H,5-6,9-14H2,(H,22,23). The van der Waals surface area contributed by atoms with Gasteiger partial charge in [0.1, 0.15) is 0 Å². The molecule has 0 saturated carbocycles. The second-order valence-corrected chi connectivity index (χ2v) is 8.21. The second-order valence-electron chi connectivity index (χ2n) is 7.30. The number of carbonyl (C=O) groups is 2. The number of piperazine rings is 1. The number of imidazole rings is 1. The van der Waals surface area contributed by atoms with Crippen LogP contribution in [0.3, 0.4) is 0 Å². The molecule has 2 aliphatic rings. The van der Waals surface area contributed by atoms with Crippen molar-refractivity contribution in [1.82, 2.24) is 19.8 Å². The van der Waals surface area contributed by atoms with E-state index in [0.29, 0.717) is 18.7 Å². The lowest BCUT2D eigenvalue weighted by molar-refractivity contribution is -0.137. The van der Waals surface area contributed by atoms with Gasteiger partial charge in [0.15, 0.2) is 0 Å². The number of benzene rings is 1. The van der Waals surface area contributed by atoms with E-state index in [4.69, 9.17) is 0 Å². The first-order valence-electron chi connectivity index (χ1n) is 9.70. The quantitative estimate of drug-likeness (QED) is 0.786. The number of aromatic nitrogens is 2. The number of nitrogens with one attached hydrogen (secondary N) is 1. The van der Waals surface area contributed by atoms with Gasteiger partial charge in [0.05, 0.1) is 0 Å². The van der Waals surface area contributed by atoms with E-state index in [-0.39, 0.29) is 17.7 Å². The third-order valence-electron chi connectivity index (χ3n) is 5.60. The summed E-state index contributed by atoms with van der Waals surface area (Å²) in [5.41, 5.74) is 0.696. The first kappa shape index (κ1) is 19.0. The minimum absolute atomic E-state index is 0.0177. The van der Waals surface area contributed by atoms with Gasteiger partial charge in [-0.25, -0.2) is 4.98 Å². The van der Waals surface area contributed by atoms with Crippen molar-refractivity contribution in [3.05, 3.63) is 46.7 Å². The van der Waals surface area contributed by atoms with Crippen LogP contribution in [0.2, 0.25) is 0 Å². The van der Waals surface area contributed by atoms with Crippen LogP contribution in [0.1, 0.15) is 23.2 Å². The van der Waals surface area contributed by atoms with Crippen molar-refractivity contribution >= 4 is 33.7 Å². The highest BCUT2D eigenvalue weighted by Crippen LogP contribution is 2.23. The molecule has 2 aliphatic heterocycles. The molecule has 7 nitrogen and oxygen atoms in total. The molecule has 0 unspecified atom stereocenters. The first-order valence-corrected chi connectivity index (χ1v) is 10.5. The molecule has 0 spiro atoms. The van der Waals surface area contributed by atoms with E-state index in [1.165, 1.54) is 0 Å². The van der Waals surface area contributed by atoms with Gasteiger partial charge in [-0.2, -0.15) is 0 Å². The van der Waals surface area contributed by atoms with Crippen LogP contribution in [-0.2, 0) is 4.79 Å². The number of anilines is 1. The number of hydrogen-bond acceptors (Lipinski definition) is 4. The summed E-state index contributed by atoms with van der Waals surface area (Å²) in [4.78, 5) is 38.9. The molecule has 0 atom stereocenters. The fraction of sp³-hybridized carbons (Fsp3) is 0.450. The molecule has 1 aromatic heterocycles. The Balaban J connectivity index is 1.27. The number of amides is 2. The summed E-state index contributed by atoms with van der Waals surface area (Å²) in [5, 5.41) is 0. The van der Waals surface area contributed by atoms with E-state index in [2.05, 4.69) is 30.8 Å². The molecule has 8 heteroatoms. The van der Waals surface area contributed by atoms with Crippen LogP contribution in [0.25, 0.3) is 0 Å². The number of piperidine rings is 1. The Labute approximate surface area is 172 Å². The van der Waals surface area contributed by atoms with Gasteiger partial charge in [-0.05, 0) is 37.1 Å². The third-order valence-corrected chi connectivity index (χ3v) is 6.13. The van der Waals surface area contributed by atoms with Crippen molar-refractivity contribution in [2.24, 2.45) is 5.92 Å². The van der Waals surface area contributed by atoms with Crippen LogP contribution in [0, 0.1) is 5.92 Å². The fourth-order valence-corrected chi connectivity index (χ4v) is 4.20. The highest BCUT2D eigenvalue weighted by atomic mass is 79.9. The molecule has 2 fully saturated rings. The number of halogens is 1. The third kappa shape index (κ3) is 4.06. The minimum Gasteiger partial charge on any atom is -0.339 e. The summed E-state index contributed by atoms with van der Waals surface area (Å²) in [7, 11) is 0. The Morgan fingerprint density at radius 3 is 2.25 bits per heavy atom. The number of hydrogen-bond donors (Lipinski definition) is 1. The molecule has 3 heterocycles. The highest BCUT2D eigenvalue weighted by molar-refractivity contribution is 9.10. The predicted octanol–water partition coefficient (Wildman–Crippen LogP) is 2.37. The maximum atomic E-state index is 12.9. The van der Waals surface area contributed by atoms with Crippen molar-refractivity contribution in [1.29, 1.82) is 0 Å². The molecule has 148 valence electrons. The molecule has 0 radical (unpaired) electrons. The molecule has 2 amide bonds. The summed E-state index contributed by atoms with van der Waals surface area (Å²) in [5.74, 6) is 1.16. The maximum Gasteiger partial charge on any atom is 0.253 e. The first-order chi connectivity index (χ1) is 13.6. The molecule has 28 heavy (non-hydrogen) atoms. The summed E-state index contributed by atoms with van der Waals surface area (Å²) >= 11 is 3.39. The van der Waals surface area contributed by atoms with Crippen LogP contribution >= 0.6 is 15.9 Å². The number of carbonyl (C=O) groups excluding carboxylic acids is 2. The Bertz CT molecular complexity index is 808. The number of nitrogens with zero attached hydrogens (tertiary/aromatic N) is 4. The molecular weight excluding hydrogens is 422 g/mol. The Morgan fingerprint density at radius 2 is 1.64 bits per heavy atom. The lowest BCUT2D eigenvalue weighted by Crippen LogP contribution is -2.52. The van der Waals surface area contributed by atoms with Crippen molar-refractivity contribution < 1.29 is 9.59 Å². The highest BCUT2D eigenvalue weighted by Gasteiger charge is 2.32. The van der Waals surface area contributed by atoms with Crippen molar-refractivity contribution in [2.45, 2.75) is 12.8 Å². The minimum atomic E-state index is 0.0177. The zero-order valence-corrected chi connectivity index (χ0v) is 17.3. The van der Waals surface area contributed by atoms with Crippen LogP contribution in [0.15, 0.2) is 41.1 Å². The zero-order chi connectivity index (χ0) is 19.5. The van der Waals surface area contributed by atoms with Crippen molar-refractivity contribution in [3.63, 3.8) is 0 Å². The van der Waals surface area contributed by atoms with Crippen LogP contribution < -0.4 is 4.90 Å². The number of likely N-dealkylation sites (tertiary alicyclic amines) is 1. The molecule has 2 aromatic rings. The summed E-state index contributed by atoms with van der Waals surface area (Å²) in [6.07, 6.45) is 5.03. The molecule has 0 aliphatic carbocycles. The lowest BCUT2D eigenvalue weighted by Gasteiger charge is -2.38. The van der Waals surface area contributed by atoms with E-state index in [0.717, 1.165) is 49.4 Å². The van der Waals surface area contributed by atoms with Crippen molar-refractivity contribution in [2.75, 3.05) is 44.2 Å². The molecule has 1 aromatic carbocycles. The molecule has 4 rings (SSSR count). The zero-order valence-electron chi connectivity index (χ0n) is 15.7. The Hall–Kier alpha value is -2.35. The van der Waals surface area contributed by atoms with Crippen LogP contribution in [-0.4, -0.2) is 70.9 Å². The average molecular weight is 446 g/mol. The number of H-pyrrole nitrogens is 1. The predicted molar refractivity (Wildman–Crippen MR) is 110 cm³/mol. The summed E-state index contributed by atoms with van der Waals surface area (Å²) < 4.78 is 0.959. The van der Waals surface area contributed by atoms with Gasteiger partial charge >= 0.3 is 0 Å². The molecule has 2 saturated heterocycles. The normalized spacial score (nSPS) is 18.4. The van der Waals surface area contributed by atoms with Crippen molar-refractivity contribution in [3.8, 4) is 0 Å². The van der Waals surface area contributed by atoms with Gasteiger partial charge < -0.3 is 19.7 Å². The Kier molecular flexibility index (Phi) is 5.66. The van der Waals surface area contributed by atoms with E-state index >= 15 is 0 Å². The monoisotopic (exact) mass is 445 g/mol. The Morgan fingerprint density at radius 1 is 0.964 bits per heavy atom. The lowest BCUT2D eigenvalue weighted by atomic mass is 9.94. The van der Waals surface area contributed by atoms with Gasteiger partial charge in [0.25, 0.3) is 5.91 Å². The van der Waals surface area contributed by atoms with Gasteiger partial charge in [-0.3, -0.25) is 9.59 Å². The largest absolute Gasteiger partial charge is 0.339 e. The topological polar surface area (TPSA) is 72.5 Å². The van der Waals surface area contributed by atoms with E-state index < -0.39 is 0 Å². The average Bonchev–Trinajstić information content (AvgIpc) is 3.28. The molecule has 1 N–H and O–H groups in total. The van der Waals surface area contributed by atoms with Gasteiger partial charge in [0, 0.05) is 67.6 Å². The van der Waals surface area contributed by atoms with Gasteiger partial charge in [0.2, 0.25) is 11.9 Å². The fourth-order valence-electron chi connectivity index (χ4n) is 3.93. The van der Waals surface area contributed by atoms with Gasteiger partial charge in [-0.1, -0.05) is 15.9 Å². The number of rotatable bonds is 3. The SMILES string of the molecule is O=C(c1ccc(Br)cc1)N1CCC(C(=O)N2CCN(c3ncc[nH]3)CC2)CC1. The second kappa shape index (κ2) is 8.34. The van der Waals surface area contributed by atoms with E-state index in [1.54, 1.807) is 6.20 Å². The van der Waals surface area contributed by atoms with E-state index in [1.807, 2.05) is 40.3 Å². The van der Waals surface area contributed by atoms with E-state index in [9.17, 15) is 9.59 Å². The molecule has 0 bridgehead atoms. The summed E-state index contributed by atoms with van der Waals surface area (Å²) in [6.45, 7) is 4.30. The maximum absolute atomic E-state index is 12.9. The van der Waals surface area contributed by atoms with Crippen LogP contribution in [0.5, 0.6) is 0 Å². The van der Waals surface area contributed by atoms with Gasteiger partial charge in [-0.15, -0.1) is 0 Å².